The molecule has 0 aromatic heterocycles. The molecule has 1 unspecified atom stereocenters. The molecular formula is C33H43FN5O2+. The second-order valence-corrected chi connectivity index (χ2v) is 11.3. The van der Waals surface area contributed by atoms with E-state index in [1.54, 1.807) is 12.1 Å². The molecule has 3 aromatic carbocycles. The topological polar surface area (TPSA) is 69.1 Å². The molecular weight excluding hydrogens is 517 g/mol. The first kappa shape index (κ1) is 30.4. The summed E-state index contributed by atoms with van der Waals surface area (Å²) < 4.78 is 14.7. The van der Waals surface area contributed by atoms with Gasteiger partial charge in [0.2, 0.25) is 6.41 Å². The molecule has 0 saturated carbocycles. The van der Waals surface area contributed by atoms with Crippen molar-refractivity contribution in [3.8, 4) is 11.1 Å². The van der Waals surface area contributed by atoms with Gasteiger partial charge in [0, 0.05) is 49.9 Å². The second-order valence-electron chi connectivity index (χ2n) is 11.3. The van der Waals surface area contributed by atoms with E-state index in [1.807, 2.05) is 48.2 Å². The Bertz CT molecular complexity index is 1310. The van der Waals surface area contributed by atoms with Gasteiger partial charge >= 0.3 is 0 Å². The summed E-state index contributed by atoms with van der Waals surface area (Å²) in [4.78, 5) is 28.4. The maximum atomic E-state index is 14.7. The smallest absolute Gasteiger partial charge is 0.251 e. The Morgan fingerprint density at radius 1 is 1.05 bits per heavy atom. The molecule has 0 aliphatic carbocycles. The average molecular weight is 561 g/mol. The monoisotopic (exact) mass is 560 g/mol. The first-order chi connectivity index (χ1) is 19.8. The van der Waals surface area contributed by atoms with Crippen LogP contribution in [0.25, 0.3) is 11.1 Å². The molecule has 0 bridgehead atoms. The van der Waals surface area contributed by atoms with Crippen molar-refractivity contribution in [2.45, 2.75) is 33.0 Å². The van der Waals surface area contributed by atoms with Gasteiger partial charge in [-0.3, -0.25) is 14.5 Å². The minimum absolute atomic E-state index is 0.133. The number of hydrogen-bond donors (Lipinski definition) is 3. The zero-order chi connectivity index (χ0) is 29.2. The number of piperazine rings is 2. The van der Waals surface area contributed by atoms with E-state index in [4.69, 9.17) is 0 Å². The van der Waals surface area contributed by atoms with E-state index in [9.17, 15) is 14.0 Å². The number of hydrogen-bond acceptors (Lipinski definition) is 4. The Balaban J connectivity index is 0.000000367. The van der Waals surface area contributed by atoms with E-state index in [2.05, 4.69) is 41.6 Å². The number of likely N-dealkylation sites (N-methyl/N-ethyl adjacent to an activating group) is 1. The van der Waals surface area contributed by atoms with Gasteiger partial charge in [-0.15, -0.1) is 0 Å². The summed E-state index contributed by atoms with van der Waals surface area (Å²) in [6.45, 7) is 12.4. The third-order valence-electron chi connectivity index (χ3n) is 7.66. The molecule has 2 amide bonds. The van der Waals surface area contributed by atoms with Crippen LogP contribution in [0.5, 0.6) is 0 Å². The van der Waals surface area contributed by atoms with Crippen LogP contribution >= 0.6 is 0 Å². The molecule has 218 valence electrons. The Labute approximate surface area is 243 Å². The number of quaternary nitrogens is 1. The van der Waals surface area contributed by atoms with Crippen molar-refractivity contribution >= 4 is 12.3 Å². The summed E-state index contributed by atoms with van der Waals surface area (Å²) in [6, 6.07) is 21.1. The molecule has 41 heavy (non-hydrogen) atoms. The molecule has 7 nitrogen and oxygen atoms in total. The third kappa shape index (κ3) is 9.21. The van der Waals surface area contributed by atoms with E-state index in [0.717, 1.165) is 75.5 Å². The average Bonchev–Trinajstić information content (AvgIpc) is 2.97. The van der Waals surface area contributed by atoms with Crippen LogP contribution in [-0.2, 0) is 17.9 Å². The van der Waals surface area contributed by atoms with Gasteiger partial charge in [0.25, 0.3) is 5.91 Å². The first-order valence-corrected chi connectivity index (χ1v) is 14.5. The summed E-state index contributed by atoms with van der Waals surface area (Å²) in [7, 11) is 2.15. The van der Waals surface area contributed by atoms with Gasteiger partial charge in [0.15, 0.2) is 0 Å². The summed E-state index contributed by atoms with van der Waals surface area (Å²) in [6.07, 6.45) is 0.937. The maximum Gasteiger partial charge on any atom is 0.251 e. The molecule has 8 heteroatoms. The molecule has 2 heterocycles. The van der Waals surface area contributed by atoms with Crippen molar-refractivity contribution in [2.24, 2.45) is 0 Å². The molecule has 0 spiro atoms. The predicted molar refractivity (Wildman–Crippen MR) is 161 cm³/mol. The molecule has 2 fully saturated rings. The van der Waals surface area contributed by atoms with Crippen LogP contribution in [0.4, 0.5) is 4.39 Å². The van der Waals surface area contributed by atoms with Gasteiger partial charge in [-0.25, -0.2) is 4.39 Å². The fourth-order valence-corrected chi connectivity index (χ4v) is 5.24. The number of benzene rings is 3. The van der Waals surface area contributed by atoms with Crippen molar-refractivity contribution in [2.75, 3.05) is 52.9 Å². The molecule has 2 saturated heterocycles. The largest absolute Gasteiger partial charge is 0.348 e. The summed E-state index contributed by atoms with van der Waals surface area (Å²) in [5.74, 6) is -0.390. The van der Waals surface area contributed by atoms with Crippen LogP contribution in [0.3, 0.4) is 0 Å². The van der Waals surface area contributed by atoms with E-state index >= 15 is 0 Å². The molecule has 0 radical (unpaired) electrons. The zero-order valence-corrected chi connectivity index (χ0v) is 24.5. The SMILES string of the molecule is C[NH+]1CCN(C=O)CC1.Cc1cccc(C(=O)NCc2ccc(F)c(-c3cccc(CN4CCNC(C)C4)c3)c2)c1. The number of halogens is 1. The molecule has 3 aromatic rings. The maximum absolute atomic E-state index is 14.7. The van der Waals surface area contributed by atoms with E-state index in [1.165, 1.54) is 16.5 Å². The fourth-order valence-electron chi connectivity index (χ4n) is 5.24. The summed E-state index contributed by atoms with van der Waals surface area (Å²) in [5, 5.41) is 6.40. The van der Waals surface area contributed by atoms with Gasteiger partial charge in [-0.2, -0.15) is 0 Å². The summed E-state index contributed by atoms with van der Waals surface area (Å²) >= 11 is 0. The van der Waals surface area contributed by atoms with Crippen LogP contribution in [0, 0.1) is 12.7 Å². The lowest BCUT2D eigenvalue weighted by Gasteiger charge is -2.31. The highest BCUT2D eigenvalue weighted by molar-refractivity contribution is 5.94. The number of nitrogens with zero attached hydrogens (tertiary/aromatic N) is 2. The lowest BCUT2D eigenvalue weighted by molar-refractivity contribution is -0.883. The van der Waals surface area contributed by atoms with Crippen LogP contribution in [0.2, 0.25) is 0 Å². The Hall–Kier alpha value is -3.59. The van der Waals surface area contributed by atoms with E-state index in [-0.39, 0.29) is 11.7 Å². The minimum Gasteiger partial charge on any atom is -0.348 e. The number of carbonyl (C=O) groups is 2. The van der Waals surface area contributed by atoms with Gasteiger partial charge in [0.05, 0.1) is 33.2 Å². The molecule has 5 rings (SSSR count). The van der Waals surface area contributed by atoms with Gasteiger partial charge in [-0.05, 0) is 60.9 Å². The van der Waals surface area contributed by atoms with Crippen LogP contribution < -0.4 is 15.5 Å². The first-order valence-electron chi connectivity index (χ1n) is 14.5. The zero-order valence-electron chi connectivity index (χ0n) is 24.5. The molecule has 3 N–H and O–H groups in total. The van der Waals surface area contributed by atoms with Crippen LogP contribution in [0.15, 0.2) is 66.7 Å². The fraction of sp³-hybridized carbons (Fsp3) is 0.394. The predicted octanol–water partition coefficient (Wildman–Crippen LogP) is 2.50. The quantitative estimate of drug-likeness (QED) is 0.389. The standard InChI is InChI=1S/C27H30FN3O.C6H12N2O/c1-19-5-3-8-24(13-19)27(32)30-16-21-9-10-26(28)25(15-21)23-7-4-6-22(14-23)18-31-12-11-29-20(2)17-31;1-7-2-4-8(6-9)5-3-7/h3-10,13-15,20,29H,11-12,16-18H2,1-2H3,(H,30,32);6H,2-5H2,1H3/p+1. The lowest BCUT2D eigenvalue weighted by Crippen LogP contribution is -3.11. The number of carbonyl (C=O) groups excluding carboxylic acids is 2. The lowest BCUT2D eigenvalue weighted by atomic mass is 10.00. The molecule has 2 aliphatic heterocycles. The second kappa shape index (κ2) is 14.9. The highest BCUT2D eigenvalue weighted by Crippen LogP contribution is 2.26. The number of aryl methyl sites for hydroxylation is 1. The Kier molecular flexibility index (Phi) is 11.0. The van der Waals surface area contributed by atoms with Gasteiger partial charge in [0.1, 0.15) is 5.82 Å². The number of rotatable bonds is 7. The van der Waals surface area contributed by atoms with Crippen molar-refractivity contribution < 1.29 is 18.9 Å². The third-order valence-corrected chi connectivity index (χ3v) is 7.66. The molecule has 2 aliphatic rings. The highest BCUT2D eigenvalue weighted by Gasteiger charge is 2.16. The van der Waals surface area contributed by atoms with E-state index < -0.39 is 0 Å². The van der Waals surface area contributed by atoms with Crippen LogP contribution in [-0.4, -0.2) is 81.0 Å². The number of nitrogens with one attached hydrogen (secondary N) is 3. The van der Waals surface area contributed by atoms with Crippen LogP contribution in [0.1, 0.15) is 34.0 Å². The normalized spacial score (nSPS) is 17.9. The van der Waals surface area contributed by atoms with E-state index in [0.29, 0.717) is 23.7 Å². The Morgan fingerprint density at radius 3 is 2.56 bits per heavy atom. The van der Waals surface area contributed by atoms with Gasteiger partial charge < -0.3 is 20.4 Å². The summed E-state index contributed by atoms with van der Waals surface area (Å²) in [5.41, 5.74) is 5.12. The van der Waals surface area contributed by atoms with Gasteiger partial charge in [-0.1, -0.05) is 42.0 Å². The van der Waals surface area contributed by atoms with Crippen molar-refractivity contribution in [3.05, 3.63) is 94.8 Å². The van der Waals surface area contributed by atoms with Crippen molar-refractivity contribution in [3.63, 3.8) is 0 Å². The molecule has 1 atom stereocenters. The Morgan fingerprint density at radius 2 is 1.83 bits per heavy atom. The van der Waals surface area contributed by atoms with Crippen molar-refractivity contribution in [1.29, 1.82) is 0 Å². The number of amides is 2. The van der Waals surface area contributed by atoms with Crippen molar-refractivity contribution in [1.82, 2.24) is 20.4 Å². The minimum atomic E-state index is -0.258. The highest BCUT2D eigenvalue weighted by atomic mass is 19.1.